The summed E-state index contributed by atoms with van der Waals surface area (Å²) in [6, 6.07) is 3.94. The van der Waals surface area contributed by atoms with Gasteiger partial charge >= 0.3 is 6.18 Å². The summed E-state index contributed by atoms with van der Waals surface area (Å²) in [5, 5.41) is 7.62. The number of amides is 1. The number of aryl methyl sites for hydroxylation is 1. The molecule has 4 rings (SSSR count). The number of thiazole rings is 1. The Labute approximate surface area is 240 Å². The highest BCUT2D eigenvalue weighted by Crippen LogP contribution is 2.32. The molecule has 10 nitrogen and oxygen atoms in total. The molecule has 2 heterocycles. The highest BCUT2D eigenvalue weighted by atomic mass is 32.1. The molecule has 1 aromatic heterocycles. The van der Waals surface area contributed by atoms with Crippen LogP contribution in [-0.2, 0) is 9.47 Å². The molecule has 1 aliphatic heterocycles. The van der Waals surface area contributed by atoms with E-state index >= 15 is 0 Å². The fourth-order valence-corrected chi connectivity index (χ4v) is 5.05. The third kappa shape index (κ3) is 8.22. The molecule has 0 radical (unpaired) electrons. The number of hydrazine groups is 1. The number of rotatable bonds is 10. The van der Waals surface area contributed by atoms with E-state index in [0.29, 0.717) is 41.2 Å². The first-order valence-electron chi connectivity index (χ1n) is 13.0. The molecular formula is C27H34F3N7O3S. The lowest BCUT2D eigenvalue weighted by molar-refractivity contribution is -0.0893. The monoisotopic (exact) mass is 593 g/mol. The molecule has 1 aromatic carbocycles. The zero-order valence-electron chi connectivity index (χ0n) is 22.8. The molecule has 0 bridgehead atoms. The molecule has 1 saturated heterocycles. The number of carbonyl (C=O) groups excluding carboxylic acids is 1. The summed E-state index contributed by atoms with van der Waals surface area (Å²) in [6.45, 7) is 5.36. The van der Waals surface area contributed by atoms with Crippen molar-refractivity contribution in [1.29, 1.82) is 0 Å². The van der Waals surface area contributed by atoms with Gasteiger partial charge in [0.2, 0.25) is 0 Å². The summed E-state index contributed by atoms with van der Waals surface area (Å²) in [7, 11) is 1.75. The van der Waals surface area contributed by atoms with Gasteiger partial charge in [0.1, 0.15) is 6.61 Å². The third-order valence-electron chi connectivity index (χ3n) is 6.59. The van der Waals surface area contributed by atoms with Crippen LogP contribution in [0.5, 0.6) is 0 Å². The van der Waals surface area contributed by atoms with Crippen molar-refractivity contribution >= 4 is 33.8 Å². The predicted octanol–water partition coefficient (Wildman–Crippen LogP) is 3.35. The minimum atomic E-state index is -4.59. The van der Waals surface area contributed by atoms with Crippen LogP contribution in [0.15, 0.2) is 54.1 Å². The first-order chi connectivity index (χ1) is 19.5. The molecule has 0 saturated carbocycles. The van der Waals surface area contributed by atoms with Gasteiger partial charge in [-0.25, -0.2) is 10.8 Å². The maximum Gasteiger partial charge on any atom is 0.416 e. The van der Waals surface area contributed by atoms with E-state index in [4.69, 9.17) is 21.1 Å². The first kappa shape index (κ1) is 30.4. The predicted molar refractivity (Wildman–Crippen MR) is 153 cm³/mol. The van der Waals surface area contributed by atoms with Crippen LogP contribution in [0.3, 0.4) is 0 Å². The van der Waals surface area contributed by atoms with Crippen LogP contribution in [0.2, 0.25) is 0 Å². The number of carbonyl (C=O) groups is 1. The summed E-state index contributed by atoms with van der Waals surface area (Å²) < 4.78 is 52.0. The van der Waals surface area contributed by atoms with Crippen molar-refractivity contribution in [1.82, 2.24) is 15.2 Å². The summed E-state index contributed by atoms with van der Waals surface area (Å²) in [6.07, 6.45) is 0.653. The molecule has 2 aliphatic rings. The lowest BCUT2D eigenvalue weighted by Crippen LogP contribution is -2.39. The van der Waals surface area contributed by atoms with Gasteiger partial charge in [-0.3, -0.25) is 14.7 Å². The standard InChI is InChI=1S/C27H34F3N7O3S/c1-17-3-4-18(11-23(17)37(32)16-22(31)24-15-34-26(33-2)41-24)25(38)35-20-12-19(27(28,29)30)13-21(14-20)40-10-7-36-5-8-39-9-6-36/h3-4,11-13,15-16,20H,5-10,14,31-32H2,1-2H3,(H,33,34)(H,35,38)/b22-16-. The third-order valence-corrected chi connectivity index (χ3v) is 7.66. The maximum absolute atomic E-state index is 13.7. The lowest BCUT2D eigenvalue weighted by atomic mass is 10.00. The molecule has 1 unspecified atom stereocenters. The normalized spacial score (nSPS) is 18.4. The fraction of sp³-hybridized carbons (Fsp3) is 0.407. The maximum atomic E-state index is 13.7. The zero-order chi connectivity index (χ0) is 29.6. The number of hydrogen-bond acceptors (Lipinski definition) is 10. The van der Waals surface area contributed by atoms with Gasteiger partial charge in [-0.2, -0.15) is 13.2 Å². The molecule has 14 heteroatoms. The van der Waals surface area contributed by atoms with Crippen molar-refractivity contribution in [2.45, 2.75) is 25.6 Å². The van der Waals surface area contributed by atoms with Crippen LogP contribution in [-0.4, -0.2) is 74.5 Å². The second kappa shape index (κ2) is 13.4. The number of alkyl halides is 3. The van der Waals surface area contributed by atoms with Gasteiger partial charge in [0, 0.05) is 51.1 Å². The Balaban J connectivity index is 1.44. The van der Waals surface area contributed by atoms with E-state index in [1.807, 2.05) is 6.92 Å². The quantitative estimate of drug-likeness (QED) is 0.242. The van der Waals surface area contributed by atoms with Crippen LogP contribution >= 0.6 is 11.3 Å². The summed E-state index contributed by atoms with van der Waals surface area (Å²) >= 11 is 1.35. The van der Waals surface area contributed by atoms with Gasteiger partial charge in [-0.05, 0) is 36.8 Å². The average Bonchev–Trinajstić information content (AvgIpc) is 3.43. The van der Waals surface area contributed by atoms with Crippen LogP contribution in [0.25, 0.3) is 5.70 Å². The molecule has 1 amide bonds. The lowest BCUT2D eigenvalue weighted by Gasteiger charge is -2.28. The minimum absolute atomic E-state index is 0.0961. The summed E-state index contributed by atoms with van der Waals surface area (Å²) in [4.78, 5) is 20.2. The molecule has 6 N–H and O–H groups in total. The highest BCUT2D eigenvalue weighted by molar-refractivity contribution is 7.16. The number of benzene rings is 1. The number of hydrogen-bond donors (Lipinski definition) is 4. The van der Waals surface area contributed by atoms with E-state index in [0.717, 1.165) is 30.8 Å². The Morgan fingerprint density at radius 3 is 2.78 bits per heavy atom. The van der Waals surface area contributed by atoms with Gasteiger partial charge in [-0.1, -0.05) is 17.4 Å². The van der Waals surface area contributed by atoms with Crippen LogP contribution in [0.1, 0.15) is 27.2 Å². The van der Waals surface area contributed by atoms with Crippen LogP contribution in [0.4, 0.5) is 24.0 Å². The van der Waals surface area contributed by atoms with Crippen molar-refractivity contribution in [2.75, 3.05) is 56.8 Å². The Kier molecular flexibility index (Phi) is 9.91. The van der Waals surface area contributed by atoms with Crippen molar-refractivity contribution in [3.8, 4) is 0 Å². The van der Waals surface area contributed by atoms with Gasteiger partial charge in [-0.15, -0.1) is 0 Å². The van der Waals surface area contributed by atoms with E-state index in [1.165, 1.54) is 22.5 Å². The fourth-order valence-electron chi connectivity index (χ4n) is 4.36. The molecule has 1 aliphatic carbocycles. The van der Waals surface area contributed by atoms with E-state index in [-0.39, 0.29) is 24.4 Å². The topological polar surface area (TPSA) is 131 Å². The van der Waals surface area contributed by atoms with Gasteiger partial charge in [0.25, 0.3) is 5.91 Å². The zero-order valence-corrected chi connectivity index (χ0v) is 23.6. The number of nitrogens with zero attached hydrogens (tertiary/aromatic N) is 3. The Hall–Kier alpha value is -3.59. The number of nitrogens with one attached hydrogen (secondary N) is 2. The Morgan fingerprint density at radius 1 is 1.34 bits per heavy atom. The molecular weight excluding hydrogens is 559 g/mol. The average molecular weight is 594 g/mol. The molecule has 2 aromatic rings. The number of aromatic nitrogens is 1. The number of halogens is 3. The molecule has 1 atom stereocenters. The van der Waals surface area contributed by atoms with Crippen LogP contribution < -0.4 is 27.2 Å². The molecule has 0 spiro atoms. The molecule has 1 fully saturated rings. The SMILES string of the molecule is CNc1ncc(/C(N)=C/N(N)c2cc(C(=O)NC3C=C(C(F)(F)F)C=C(OCCN4CCOCC4)C3)ccc2C)s1. The molecule has 41 heavy (non-hydrogen) atoms. The van der Waals surface area contributed by atoms with Crippen molar-refractivity contribution < 1.29 is 27.4 Å². The number of nitrogens with two attached hydrogens (primary N) is 2. The van der Waals surface area contributed by atoms with E-state index in [2.05, 4.69) is 20.5 Å². The Morgan fingerprint density at radius 2 is 2.10 bits per heavy atom. The second-order valence-corrected chi connectivity index (χ2v) is 10.6. The Bertz CT molecular complexity index is 1320. The van der Waals surface area contributed by atoms with Gasteiger partial charge < -0.3 is 25.8 Å². The highest BCUT2D eigenvalue weighted by Gasteiger charge is 2.36. The minimum Gasteiger partial charge on any atom is -0.496 e. The number of allylic oxidation sites excluding steroid dienone is 2. The van der Waals surface area contributed by atoms with E-state index in [1.54, 1.807) is 31.4 Å². The van der Waals surface area contributed by atoms with Gasteiger partial charge in [0.15, 0.2) is 5.13 Å². The first-order valence-corrected chi connectivity index (χ1v) is 13.8. The number of anilines is 2. The smallest absolute Gasteiger partial charge is 0.416 e. The van der Waals surface area contributed by atoms with Gasteiger partial charge in [0.05, 0.1) is 46.8 Å². The van der Waals surface area contributed by atoms with Crippen molar-refractivity contribution in [3.63, 3.8) is 0 Å². The molecule has 222 valence electrons. The van der Waals surface area contributed by atoms with Crippen molar-refractivity contribution in [2.24, 2.45) is 11.6 Å². The number of morpholine rings is 1. The van der Waals surface area contributed by atoms with Crippen LogP contribution in [0, 0.1) is 6.92 Å². The second-order valence-electron chi connectivity index (χ2n) is 9.59. The van der Waals surface area contributed by atoms with E-state index in [9.17, 15) is 18.0 Å². The summed E-state index contributed by atoms with van der Waals surface area (Å²) in [5.74, 6) is 5.88. The van der Waals surface area contributed by atoms with E-state index < -0.39 is 23.7 Å². The largest absolute Gasteiger partial charge is 0.496 e. The number of ether oxygens (including phenoxy) is 2. The summed E-state index contributed by atoms with van der Waals surface area (Å²) in [5.41, 5.74) is 7.20. The van der Waals surface area contributed by atoms with Crippen molar-refractivity contribution in [3.05, 3.63) is 70.1 Å².